The summed E-state index contributed by atoms with van der Waals surface area (Å²) in [6.07, 6.45) is 4.74. The molecule has 0 radical (unpaired) electrons. The lowest BCUT2D eigenvalue weighted by Crippen LogP contribution is -2.45. The van der Waals surface area contributed by atoms with E-state index in [2.05, 4.69) is 6.92 Å². The third kappa shape index (κ3) is 1.94. The molecule has 0 aliphatic carbocycles. The Bertz CT molecular complexity index is 454. The highest BCUT2D eigenvalue weighted by atomic mass is 16.5. The highest BCUT2D eigenvalue weighted by Gasteiger charge is 2.38. The van der Waals surface area contributed by atoms with Gasteiger partial charge in [0.2, 0.25) is 0 Å². The van der Waals surface area contributed by atoms with Crippen molar-refractivity contribution < 1.29 is 9.53 Å². The van der Waals surface area contributed by atoms with Crippen LogP contribution in [0.4, 0.5) is 0 Å². The molecule has 0 unspecified atom stereocenters. The fraction of sp³-hybridized carbons (Fsp3) is 0.643. The molecular formula is C14H20N2O2. The lowest BCUT2D eigenvalue weighted by molar-refractivity contribution is 0.00127. The van der Waals surface area contributed by atoms with Gasteiger partial charge >= 0.3 is 0 Å². The number of hydrogen-bond donors (Lipinski definition) is 0. The molecule has 1 aromatic heterocycles. The van der Waals surface area contributed by atoms with Crippen molar-refractivity contribution in [1.82, 2.24) is 9.47 Å². The molecule has 1 amide bonds. The lowest BCUT2D eigenvalue weighted by atomic mass is 9.92. The molecule has 0 bridgehead atoms. The molecule has 98 valence electrons. The molecule has 3 atom stereocenters. The highest BCUT2D eigenvalue weighted by Crippen LogP contribution is 2.33. The molecule has 0 spiro atoms. The summed E-state index contributed by atoms with van der Waals surface area (Å²) < 4.78 is 7.77. The molecule has 3 heterocycles. The third-order valence-corrected chi connectivity index (χ3v) is 4.19. The van der Waals surface area contributed by atoms with Crippen LogP contribution in [0.5, 0.6) is 0 Å². The van der Waals surface area contributed by atoms with Crippen LogP contribution < -0.4 is 0 Å². The Morgan fingerprint density at radius 1 is 1.50 bits per heavy atom. The van der Waals surface area contributed by atoms with Crippen molar-refractivity contribution in [2.45, 2.75) is 32.0 Å². The molecule has 4 heteroatoms. The van der Waals surface area contributed by atoms with E-state index >= 15 is 0 Å². The second kappa shape index (κ2) is 4.43. The van der Waals surface area contributed by atoms with Gasteiger partial charge in [-0.3, -0.25) is 4.79 Å². The number of piperidine rings is 1. The van der Waals surface area contributed by atoms with Crippen LogP contribution in [-0.2, 0) is 11.8 Å². The largest absolute Gasteiger partial charge is 0.373 e. The first kappa shape index (κ1) is 11.8. The van der Waals surface area contributed by atoms with Crippen molar-refractivity contribution >= 4 is 5.91 Å². The van der Waals surface area contributed by atoms with E-state index in [1.807, 2.05) is 34.8 Å². The number of nitrogens with zero attached hydrogens (tertiary/aromatic N) is 2. The topological polar surface area (TPSA) is 34.5 Å². The van der Waals surface area contributed by atoms with Gasteiger partial charge in [0.25, 0.3) is 5.91 Å². The SMILES string of the molecule is C[C@@H]1C[C@H]2CCN(C(=O)c3cccn3C)C[C@@H]2O1. The van der Waals surface area contributed by atoms with Gasteiger partial charge in [-0.2, -0.15) is 0 Å². The maximum absolute atomic E-state index is 12.4. The second-order valence-corrected chi connectivity index (χ2v) is 5.53. The molecule has 0 N–H and O–H groups in total. The Hall–Kier alpha value is -1.29. The van der Waals surface area contributed by atoms with Crippen LogP contribution in [0.3, 0.4) is 0 Å². The van der Waals surface area contributed by atoms with Gasteiger partial charge in [-0.25, -0.2) is 0 Å². The van der Waals surface area contributed by atoms with E-state index in [9.17, 15) is 4.79 Å². The van der Waals surface area contributed by atoms with E-state index in [0.29, 0.717) is 12.0 Å². The fourth-order valence-corrected chi connectivity index (χ4v) is 3.20. The van der Waals surface area contributed by atoms with Gasteiger partial charge in [0.15, 0.2) is 0 Å². The Morgan fingerprint density at radius 2 is 2.33 bits per heavy atom. The van der Waals surface area contributed by atoms with Gasteiger partial charge in [0.05, 0.1) is 12.2 Å². The van der Waals surface area contributed by atoms with Crippen LogP contribution >= 0.6 is 0 Å². The van der Waals surface area contributed by atoms with E-state index in [1.165, 1.54) is 0 Å². The molecule has 0 aromatic carbocycles. The van der Waals surface area contributed by atoms with Crippen molar-refractivity contribution in [2.75, 3.05) is 13.1 Å². The molecule has 2 aliphatic rings. The second-order valence-electron chi connectivity index (χ2n) is 5.53. The minimum absolute atomic E-state index is 0.129. The summed E-state index contributed by atoms with van der Waals surface area (Å²) in [5, 5.41) is 0. The van der Waals surface area contributed by atoms with Crippen LogP contribution in [0, 0.1) is 5.92 Å². The van der Waals surface area contributed by atoms with Crippen molar-refractivity contribution in [3.8, 4) is 0 Å². The summed E-state index contributed by atoms with van der Waals surface area (Å²) >= 11 is 0. The van der Waals surface area contributed by atoms with E-state index in [4.69, 9.17) is 4.74 Å². The van der Waals surface area contributed by atoms with Gasteiger partial charge in [0.1, 0.15) is 5.69 Å². The van der Waals surface area contributed by atoms with Crippen LogP contribution in [-0.4, -0.2) is 40.7 Å². The molecule has 2 fully saturated rings. The van der Waals surface area contributed by atoms with Crippen LogP contribution in [0.2, 0.25) is 0 Å². The predicted octanol–water partition coefficient (Wildman–Crippen LogP) is 1.66. The average Bonchev–Trinajstić information content (AvgIpc) is 2.91. The Kier molecular flexibility index (Phi) is 2.90. The number of amides is 1. The highest BCUT2D eigenvalue weighted by molar-refractivity contribution is 5.92. The summed E-state index contributed by atoms with van der Waals surface area (Å²) in [5.41, 5.74) is 0.763. The van der Waals surface area contributed by atoms with Crippen LogP contribution in [0.15, 0.2) is 18.3 Å². The average molecular weight is 248 g/mol. The monoisotopic (exact) mass is 248 g/mol. The zero-order chi connectivity index (χ0) is 12.7. The number of fused-ring (bicyclic) bond motifs is 1. The van der Waals surface area contributed by atoms with Gasteiger partial charge in [-0.15, -0.1) is 0 Å². The van der Waals surface area contributed by atoms with E-state index < -0.39 is 0 Å². The Morgan fingerprint density at radius 3 is 3.06 bits per heavy atom. The predicted molar refractivity (Wildman–Crippen MR) is 68.4 cm³/mol. The van der Waals surface area contributed by atoms with Crippen LogP contribution in [0.25, 0.3) is 0 Å². The zero-order valence-corrected chi connectivity index (χ0v) is 11.0. The smallest absolute Gasteiger partial charge is 0.270 e. The number of ether oxygens (including phenoxy) is 1. The Balaban J connectivity index is 1.71. The summed E-state index contributed by atoms with van der Waals surface area (Å²) in [5.74, 6) is 0.779. The fourth-order valence-electron chi connectivity index (χ4n) is 3.20. The lowest BCUT2D eigenvalue weighted by Gasteiger charge is -2.34. The Labute approximate surface area is 108 Å². The molecule has 2 aliphatic heterocycles. The first-order valence-corrected chi connectivity index (χ1v) is 6.71. The standard InChI is InChI=1S/C14H20N2O2/c1-10-8-11-5-7-16(9-13(11)18-10)14(17)12-4-3-6-15(12)2/h3-4,6,10-11,13H,5,7-9H2,1-2H3/t10-,11-,13+/m1/s1. The van der Waals surface area contributed by atoms with Crippen molar-refractivity contribution in [2.24, 2.45) is 13.0 Å². The number of aromatic nitrogens is 1. The third-order valence-electron chi connectivity index (χ3n) is 4.19. The van der Waals surface area contributed by atoms with Gasteiger partial charge in [-0.1, -0.05) is 0 Å². The molecule has 0 saturated carbocycles. The molecular weight excluding hydrogens is 228 g/mol. The van der Waals surface area contributed by atoms with Crippen molar-refractivity contribution in [3.63, 3.8) is 0 Å². The molecule has 18 heavy (non-hydrogen) atoms. The van der Waals surface area contributed by atoms with Crippen LogP contribution in [0.1, 0.15) is 30.3 Å². The summed E-state index contributed by atoms with van der Waals surface area (Å²) in [6.45, 7) is 3.74. The number of likely N-dealkylation sites (tertiary alicyclic amines) is 1. The maximum atomic E-state index is 12.4. The summed E-state index contributed by atoms with van der Waals surface area (Å²) in [7, 11) is 1.91. The van der Waals surface area contributed by atoms with Gasteiger partial charge in [0, 0.05) is 26.3 Å². The quantitative estimate of drug-likeness (QED) is 0.757. The molecule has 4 nitrogen and oxygen atoms in total. The van der Waals surface area contributed by atoms with E-state index in [-0.39, 0.29) is 12.0 Å². The minimum atomic E-state index is 0.129. The molecule has 1 aromatic rings. The zero-order valence-electron chi connectivity index (χ0n) is 11.0. The number of hydrogen-bond acceptors (Lipinski definition) is 2. The number of rotatable bonds is 1. The minimum Gasteiger partial charge on any atom is -0.373 e. The number of carbonyl (C=O) groups excluding carboxylic acids is 1. The summed E-state index contributed by atoms with van der Waals surface area (Å²) in [4.78, 5) is 14.3. The van der Waals surface area contributed by atoms with E-state index in [1.54, 1.807) is 0 Å². The maximum Gasteiger partial charge on any atom is 0.270 e. The van der Waals surface area contributed by atoms with Crippen molar-refractivity contribution in [3.05, 3.63) is 24.0 Å². The molecule has 3 rings (SSSR count). The first-order chi connectivity index (χ1) is 8.65. The first-order valence-electron chi connectivity index (χ1n) is 6.71. The van der Waals surface area contributed by atoms with Gasteiger partial charge < -0.3 is 14.2 Å². The normalized spacial score (nSPS) is 31.4. The van der Waals surface area contributed by atoms with E-state index in [0.717, 1.165) is 31.6 Å². The van der Waals surface area contributed by atoms with Gasteiger partial charge in [-0.05, 0) is 37.8 Å². The summed E-state index contributed by atoms with van der Waals surface area (Å²) in [6, 6.07) is 3.79. The molecule has 2 saturated heterocycles. The van der Waals surface area contributed by atoms with Crippen molar-refractivity contribution in [1.29, 1.82) is 0 Å². The number of aryl methyl sites for hydroxylation is 1. The number of carbonyl (C=O) groups is 1.